The van der Waals surface area contributed by atoms with Gasteiger partial charge in [-0.25, -0.2) is 0 Å². The number of benzene rings is 1. The summed E-state index contributed by atoms with van der Waals surface area (Å²) >= 11 is 4.87. The Morgan fingerprint density at radius 3 is 2.61 bits per heavy atom. The van der Waals surface area contributed by atoms with Crippen molar-refractivity contribution in [2.45, 2.75) is 0 Å². The van der Waals surface area contributed by atoms with Crippen LogP contribution in [0.3, 0.4) is 0 Å². The van der Waals surface area contributed by atoms with Crippen LogP contribution in [0.2, 0.25) is 0 Å². The first kappa shape index (κ1) is 11.5. The van der Waals surface area contributed by atoms with Crippen LogP contribution in [0, 0.1) is 0 Å². The Labute approximate surface area is 116 Å². The number of hydrogen-bond acceptors (Lipinski definition) is 4. The topological polar surface area (TPSA) is 42.9 Å². The van der Waals surface area contributed by atoms with E-state index < -0.39 is 0 Å². The number of fused-ring (bicyclic) bond motifs is 1. The lowest BCUT2D eigenvalue weighted by molar-refractivity contribution is 0.103. The monoisotopic (exact) mass is 318 g/mol. The Morgan fingerprint density at radius 2 is 1.89 bits per heavy atom. The van der Waals surface area contributed by atoms with Crippen LogP contribution < -0.4 is 0 Å². The molecule has 1 aromatic carbocycles. The number of rotatable bonds is 2. The number of ketones is 1. The molecule has 88 valence electrons. The maximum atomic E-state index is 12.3. The van der Waals surface area contributed by atoms with Crippen LogP contribution in [-0.2, 0) is 0 Å². The molecule has 0 spiro atoms. The third kappa shape index (κ3) is 1.95. The summed E-state index contributed by atoms with van der Waals surface area (Å²) in [6, 6.07) is 5.37. The minimum Gasteiger partial charge on any atom is -0.289 e. The Kier molecular flexibility index (Phi) is 2.93. The second kappa shape index (κ2) is 4.59. The molecule has 3 aromatic rings. The van der Waals surface area contributed by atoms with Crippen LogP contribution in [0.15, 0.2) is 45.8 Å². The van der Waals surface area contributed by atoms with E-state index in [4.69, 9.17) is 0 Å². The highest BCUT2D eigenvalue weighted by atomic mass is 79.9. The van der Waals surface area contributed by atoms with E-state index in [2.05, 4.69) is 25.9 Å². The van der Waals surface area contributed by atoms with Crippen molar-refractivity contribution in [3.05, 3.63) is 57.0 Å². The van der Waals surface area contributed by atoms with Crippen LogP contribution in [0.4, 0.5) is 0 Å². The maximum Gasteiger partial charge on any atom is 0.195 e. The molecular formula is C13H7BrN2OS. The SMILES string of the molecule is O=C(c1ccc2nccnc2c1)c1cscc1Br. The van der Waals surface area contributed by atoms with Gasteiger partial charge in [0.1, 0.15) is 0 Å². The molecule has 0 aliphatic carbocycles. The third-order valence-electron chi connectivity index (χ3n) is 2.59. The fourth-order valence-electron chi connectivity index (χ4n) is 1.70. The smallest absolute Gasteiger partial charge is 0.195 e. The fourth-order valence-corrected chi connectivity index (χ4v) is 3.16. The van der Waals surface area contributed by atoms with E-state index in [0.717, 1.165) is 15.5 Å². The molecule has 5 heteroatoms. The fraction of sp³-hybridized carbons (Fsp3) is 0. The molecule has 3 nitrogen and oxygen atoms in total. The van der Waals surface area contributed by atoms with Crippen LogP contribution >= 0.6 is 27.3 Å². The molecule has 3 rings (SSSR count). The Bertz CT molecular complexity index is 738. The zero-order chi connectivity index (χ0) is 12.5. The predicted molar refractivity (Wildman–Crippen MR) is 75.0 cm³/mol. The Balaban J connectivity index is 2.10. The number of carbonyl (C=O) groups is 1. The second-order valence-corrected chi connectivity index (χ2v) is 5.32. The molecule has 0 aliphatic heterocycles. The number of nitrogens with zero attached hydrogens (tertiary/aromatic N) is 2. The summed E-state index contributed by atoms with van der Waals surface area (Å²) in [5.74, 6) is -0.00400. The van der Waals surface area contributed by atoms with Crippen molar-refractivity contribution in [3.63, 3.8) is 0 Å². The molecule has 0 radical (unpaired) electrons. The average Bonchev–Trinajstić information content (AvgIpc) is 2.83. The minimum atomic E-state index is -0.00400. The molecule has 0 saturated heterocycles. The van der Waals surface area contributed by atoms with E-state index >= 15 is 0 Å². The molecule has 2 aromatic heterocycles. The average molecular weight is 319 g/mol. The molecule has 0 amide bonds. The van der Waals surface area contributed by atoms with Crippen molar-refractivity contribution in [1.82, 2.24) is 9.97 Å². The molecular weight excluding hydrogens is 312 g/mol. The molecule has 18 heavy (non-hydrogen) atoms. The highest BCUT2D eigenvalue weighted by molar-refractivity contribution is 9.10. The summed E-state index contributed by atoms with van der Waals surface area (Å²) in [7, 11) is 0. The first-order valence-electron chi connectivity index (χ1n) is 5.23. The number of thiophene rings is 1. The maximum absolute atomic E-state index is 12.3. The molecule has 0 bridgehead atoms. The molecule has 0 aliphatic rings. The van der Waals surface area contributed by atoms with Gasteiger partial charge in [0, 0.05) is 38.8 Å². The van der Waals surface area contributed by atoms with Gasteiger partial charge in [0.25, 0.3) is 0 Å². The van der Waals surface area contributed by atoms with Gasteiger partial charge in [0.15, 0.2) is 5.78 Å². The van der Waals surface area contributed by atoms with Crippen molar-refractivity contribution in [2.24, 2.45) is 0 Å². The standard InChI is InChI=1S/C13H7BrN2OS/c14-10-7-18-6-9(10)13(17)8-1-2-11-12(5-8)16-4-3-15-11/h1-7H. The lowest BCUT2D eigenvalue weighted by Crippen LogP contribution is -2.00. The Hall–Kier alpha value is -1.59. The lowest BCUT2D eigenvalue weighted by Gasteiger charge is -2.01. The van der Waals surface area contributed by atoms with E-state index in [-0.39, 0.29) is 5.78 Å². The van der Waals surface area contributed by atoms with Crippen molar-refractivity contribution in [1.29, 1.82) is 0 Å². The van der Waals surface area contributed by atoms with Crippen molar-refractivity contribution >= 4 is 44.1 Å². The highest BCUT2D eigenvalue weighted by Gasteiger charge is 2.14. The Morgan fingerprint density at radius 1 is 1.11 bits per heavy atom. The second-order valence-electron chi connectivity index (χ2n) is 3.72. The first-order chi connectivity index (χ1) is 8.75. The van der Waals surface area contributed by atoms with Gasteiger partial charge >= 0.3 is 0 Å². The zero-order valence-corrected chi connectivity index (χ0v) is 11.5. The minimum absolute atomic E-state index is 0.00400. The number of halogens is 1. The summed E-state index contributed by atoms with van der Waals surface area (Å²) in [6.45, 7) is 0. The van der Waals surface area contributed by atoms with Crippen LogP contribution in [0.25, 0.3) is 11.0 Å². The summed E-state index contributed by atoms with van der Waals surface area (Å²) in [6.07, 6.45) is 3.26. The zero-order valence-electron chi connectivity index (χ0n) is 9.13. The van der Waals surface area contributed by atoms with Gasteiger partial charge in [0.2, 0.25) is 0 Å². The van der Waals surface area contributed by atoms with Gasteiger partial charge < -0.3 is 0 Å². The molecule has 2 heterocycles. The van der Waals surface area contributed by atoms with Gasteiger partial charge in [0.05, 0.1) is 11.0 Å². The predicted octanol–water partition coefficient (Wildman–Crippen LogP) is 3.68. The summed E-state index contributed by atoms with van der Waals surface area (Å²) in [5, 5.41) is 3.74. The van der Waals surface area contributed by atoms with Gasteiger partial charge in [-0.2, -0.15) is 11.3 Å². The molecule has 0 unspecified atom stereocenters. The summed E-state index contributed by atoms with van der Waals surface area (Å²) < 4.78 is 0.830. The van der Waals surface area contributed by atoms with E-state index in [9.17, 15) is 4.79 Å². The summed E-state index contributed by atoms with van der Waals surface area (Å²) in [4.78, 5) is 20.7. The largest absolute Gasteiger partial charge is 0.289 e. The van der Waals surface area contributed by atoms with Gasteiger partial charge in [-0.05, 0) is 34.1 Å². The lowest BCUT2D eigenvalue weighted by atomic mass is 10.1. The molecule has 0 N–H and O–H groups in total. The molecule has 0 atom stereocenters. The number of carbonyl (C=O) groups excluding carboxylic acids is 1. The van der Waals surface area contributed by atoms with E-state index in [1.165, 1.54) is 11.3 Å². The van der Waals surface area contributed by atoms with Crippen molar-refractivity contribution in [3.8, 4) is 0 Å². The van der Waals surface area contributed by atoms with Crippen LogP contribution in [-0.4, -0.2) is 15.8 Å². The quantitative estimate of drug-likeness (QED) is 0.677. The third-order valence-corrected chi connectivity index (χ3v) is 4.29. The van der Waals surface area contributed by atoms with Crippen molar-refractivity contribution < 1.29 is 4.79 Å². The van der Waals surface area contributed by atoms with Gasteiger partial charge in [-0.1, -0.05) is 0 Å². The number of hydrogen-bond donors (Lipinski definition) is 0. The molecule has 0 fully saturated rings. The number of aromatic nitrogens is 2. The normalized spacial score (nSPS) is 10.7. The van der Waals surface area contributed by atoms with Gasteiger partial charge in [-0.3, -0.25) is 14.8 Å². The molecule has 0 saturated carbocycles. The van der Waals surface area contributed by atoms with E-state index in [0.29, 0.717) is 11.1 Å². The van der Waals surface area contributed by atoms with Crippen LogP contribution in [0.5, 0.6) is 0 Å². The highest BCUT2D eigenvalue weighted by Crippen LogP contribution is 2.24. The van der Waals surface area contributed by atoms with E-state index in [1.807, 2.05) is 16.8 Å². The summed E-state index contributed by atoms with van der Waals surface area (Å²) in [5.41, 5.74) is 2.83. The van der Waals surface area contributed by atoms with Crippen LogP contribution in [0.1, 0.15) is 15.9 Å². The van der Waals surface area contributed by atoms with E-state index in [1.54, 1.807) is 24.5 Å². The van der Waals surface area contributed by atoms with Crippen molar-refractivity contribution in [2.75, 3.05) is 0 Å². The van der Waals surface area contributed by atoms with Gasteiger partial charge in [-0.15, -0.1) is 0 Å². The first-order valence-corrected chi connectivity index (χ1v) is 6.96.